The van der Waals surface area contributed by atoms with Gasteiger partial charge in [-0.15, -0.1) is 29.6 Å². The third-order valence-corrected chi connectivity index (χ3v) is 5.91. The van der Waals surface area contributed by atoms with Crippen molar-refractivity contribution in [2.45, 2.75) is 19.3 Å². The zero-order valence-corrected chi connectivity index (χ0v) is 17.2. The summed E-state index contributed by atoms with van der Waals surface area (Å²) in [6, 6.07) is 5.46. The standard InChI is InChI=1S/C19H14F3N7O2S/c1-28-15-13(16-17(28)25-14(32-16)6-11-7-23-27-26-11)8-24-29(18(15)30)9-10-3-2-4-12(5-10)31-19(20,21)22/h2-5,7-8H,6,9H2,1H3,(H,23,26,27). The quantitative estimate of drug-likeness (QED) is 0.432. The van der Waals surface area contributed by atoms with Gasteiger partial charge in [0.15, 0.2) is 5.65 Å². The van der Waals surface area contributed by atoms with Gasteiger partial charge in [0.2, 0.25) is 0 Å². The summed E-state index contributed by atoms with van der Waals surface area (Å²) >= 11 is 1.45. The summed E-state index contributed by atoms with van der Waals surface area (Å²) in [5, 5.41) is 16.0. The molecule has 5 aromatic rings. The van der Waals surface area contributed by atoms with Crippen LogP contribution in [0.4, 0.5) is 13.2 Å². The molecule has 5 rings (SSSR count). The van der Waals surface area contributed by atoms with Crippen molar-refractivity contribution in [2.75, 3.05) is 0 Å². The van der Waals surface area contributed by atoms with Gasteiger partial charge in [-0.05, 0) is 17.7 Å². The van der Waals surface area contributed by atoms with Crippen LogP contribution in [0.3, 0.4) is 0 Å². The molecular formula is C19H14F3N7O2S. The van der Waals surface area contributed by atoms with E-state index in [4.69, 9.17) is 0 Å². The summed E-state index contributed by atoms with van der Waals surface area (Å²) in [4.78, 5) is 17.7. The van der Waals surface area contributed by atoms with E-state index in [0.717, 1.165) is 15.4 Å². The number of halogens is 3. The molecule has 0 radical (unpaired) electrons. The van der Waals surface area contributed by atoms with Crippen LogP contribution in [0.25, 0.3) is 21.3 Å². The van der Waals surface area contributed by atoms with E-state index >= 15 is 0 Å². The molecule has 0 bridgehead atoms. The lowest BCUT2D eigenvalue weighted by molar-refractivity contribution is -0.274. The molecule has 0 unspecified atom stereocenters. The van der Waals surface area contributed by atoms with Crippen molar-refractivity contribution >= 4 is 32.6 Å². The fourth-order valence-corrected chi connectivity index (χ4v) is 4.62. The Morgan fingerprint density at radius 3 is 2.88 bits per heavy atom. The van der Waals surface area contributed by atoms with E-state index in [1.54, 1.807) is 30.1 Å². The zero-order chi connectivity index (χ0) is 22.5. The Kier molecular flexibility index (Phi) is 4.69. The highest BCUT2D eigenvalue weighted by molar-refractivity contribution is 7.19. The molecular weight excluding hydrogens is 447 g/mol. The molecule has 0 aliphatic rings. The van der Waals surface area contributed by atoms with Crippen LogP contribution in [0.2, 0.25) is 0 Å². The minimum absolute atomic E-state index is 0.00645. The average molecular weight is 461 g/mol. The Morgan fingerprint density at radius 1 is 1.28 bits per heavy atom. The topological polar surface area (TPSA) is 104 Å². The lowest BCUT2D eigenvalue weighted by atomic mass is 10.2. The van der Waals surface area contributed by atoms with Gasteiger partial charge < -0.3 is 9.30 Å². The van der Waals surface area contributed by atoms with Crippen LogP contribution in [-0.2, 0) is 20.0 Å². The second-order valence-electron chi connectivity index (χ2n) is 7.03. The van der Waals surface area contributed by atoms with E-state index in [1.807, 2.05) is 0 Å². The number of thiazole rings is 1. The summed E-state index contributed by atoms with van der Waals surface area (Å²) in [5.41, 5.74) is 1.91. The van der Waals surface area contributed by atoms with Crippen LogP contribution in [-0.4, -0.2) is 41.1 Å². The minimum atomic E-state index is -4.79. The lowest BCUT2D eigenvalue weighted by Crippen LogP contribution is -2.24. The van der Waals surface area contributed by atoms with Crippen LogP contribution >= 0.6 is 11.3 Å². The number of aromatic nitrogens is 7. The van der Waals surface area contributed by atoms with Crippen LogP contribution in [0, 0.1) is 0 Å². The van der Waals surface area contributed by atoms with Gasteiger partial charge in [-0.1, -0.05) is 17.3 Å². The Bertz CT molecular complexity index is 1480. The third-order valence-electron chi connectivity index (χ3n) is 4.83. The number of hydrogen-bond donors (Lipinski definition) is 1. The van der Waals surface area contributed by atoms with Gasteiger partial charge in [0.05, 0.1) is 23.1 Å². The van der Waals surface area contributed by atoms with Crippen molar-refractivity contribution in [3.8, 4) is 5.75 Å². The van der Waals surface area contributed by atoms with Crippen molar-refractivity contribution in [3.05, 3.63) is 63.3 Å². The summed E-state index contributed by atoms with van der Waals surface area (Å²) in [6.45, 7) is -0.00645. The molecule has 1 aromatic carbocycles. The maximum absolute atomic E-state index is 13.1. The number of aromatic amines is 1. The molecule has 0 amide bonds. The van der Waals surface area contributed by atoms with Gasteiger partial charge >= 0.3 is 6.36 Å². The first-order chi connectivity index (χ1) is 15.3. The summed E-state index contributed by atoms with van der Waals surface area (Å²) in [5.74, 6) is -0.354. The highest BCUT2D eigenvalue weighted by Gasteiger charge is 2.31. The number of H-pyrrole nitrogens is 1. The number of alkyl halides is 3. The Labute approximate surface area is 181 Å². The molecule has 0 aliphatic carbocycles. The summed E-state index contributed by atoms with van der Waals surface area (Å²) in [7, 11) is 1.74. The fraction of sp³-hybridized carbons (Fsp3) is 0.211. The number of fused-ring (bicyclic) bond motifs is 3. The fourth-order valence-electron chi connectivity index (χ4n) is 3.50. The molecule has 0 fully saturated rings. The lowest BCUT2D eigenvalue weighted by Gasteiger charge is -2.10. The highest BCUT2D eigenvalue weighted by atomic mass is 32.1. The average Bonchev–Trinajstić information content (AvgIpc) is 3.43. The highest BCUT2D eigenvalue weighted by Crippen LogP contribution is 2.31. The maximum atomic E-state index is 13.1. The monoisotopic (exact) mass is 461 g/mol. The second-order valence-corrected chi connectivity index (χ2v) is 8.11. The van der Waals surface area contributed by atoms with E-state index in [1.165, 1.54) is 34.2 Å². The molecule has 1 N–H and O–H groups in total. The van der Waals surface area contributed by atoms with Crippen molar-refractivity contribution in [1.29, 1.82) is 0 Å². The minimum Gasteiger partial charge on any atom is -0.406 e. The third kappa shape index (κ3) is 3.70. The molecule has 0 saturated carbocycles. The van der Waals surface area contributed by atoms with E-state index in [0.29, 0.717) is 28.5 Å². The van der Waals surface area contributed by atoms with Crippen LogP contribution < -0.4 is 10.3 Å². The summed E-state index contributed by atoms with van der Waals surface area (Å²) < 4.78 is 45.1. The van der Waals surface area contributed by atoms with E-state index in [-0.39, 0.29) is 17.9 Å². The van der Waals surface area contributed by atoms with Crippen LogP contribution in [0.1, 0.15) is 16.3 Å². The van der Waals surface area contributed by atoms with Gasteiger partial charge in [0, 0.05) is 25.1 Å². The molecule has 0 spiro atoms. The van der Waals surface area contributed by atoms with Gasteiger partial charge in [0.1, 0.15) is 16.3 Å². The number of aryl methyl sites for hydroxylation is 1. The smallest absolute Gasteiger partial charge is 0.406 e. The molecule has 13 heteroatoms. The number of rotatable bonds is 5. The van der Waals surface area contributed by atoms with Gasteiger partial charge in [-0.2, -0.15) is 5.10 Å². The van der Waals surface area contributed by atoms with Gasteiger partial charge in [0.25, 0.3) is 5.56 Å². The largest absolute Gasteiger partial charge is 0.573 e. The van der Waals surface area contributed by atoms with Crippen LogP contribution in [0.5, 0.6) is 5.75 Å². The number of benzene rings is 1. The van der Waals surface area contributed by atoms with Crippen molar-refractivity contribution in [3.63, 3.8) is 0 Å². The molecule has 4 heterocycles. The number of ether oxygens (including phenoxy) is 1. The molecule has 4 aromatic heterocycles. The predicted octanol–water partition coefficient (Wildman–Crippen LogP) is 3.00. The number of hydrogen-bond acceptors (Lipinski definition) is 7. The zero-order valence-electron chi connectivity index (χ0n) is 16.4. The second kappa shape index (κ2) is 7.44. The number of nitrogens with one attached hydrogen (secondary N) is 1. The molecule has 0 atom stereocenters. The van der Waals surface area contributed by atoms with Crippen molar-refractivity contribution < 1.29 is 17.9 Å². The van der Waals surface area contributed by atoms with Gasteiger partial charge in [-0.3, -0.25) is 9.89 Å². The molecule has 164 valence electrons. The SMILES string of the molecule is Cn1c2nc(Cc3c[nH]nn3)sc2c2cnn(Cc3cccc(OC(F)(F)F)c3)c(=O)c21. The van der Waals surface area contributed by atoms with Gasteiger partial charge in [-0.25, -0.2) is 9.67 Å². The number of nitrogens with zero attached hydrogens (tertiary/aromatic N) is 6. The van der Waals surface area contributed by atoms with Crippen molar-refractivity contribution in [2.24, 2.45) is 7.05 Å². The maximum Gasteiger partial charge on any atom is 0.573 e. The van der Waals surface area contributed by atoms with E-state index < -0.39 is 6.36 Å². The Morgan fingerprint density at radius 2 is 2.12 bits per heavy atom. The predicted molar refractivity (Wildman–Crippen MR) is 110 cm³/mol. The molecule has 9 nitrogen and oxygen atoms in total. The van der Waals surface area contributed by atoms with E-state index in [2.05, 4.69) is 30.2 Å². The first-order valence-corrected chi connectivity index (χ1v) is 10.1. The molecule has 0 saturated heterocycles. The summed E-state index contributed by atoms with van der Waals surface area (Å²) in [6.07, 6.45) is -1.01. The Hall–Kier alpha value is -3.74. The van der Waals surface area contributed by atoms with E-state index in [9.17, 15) is 18.0 Å². The van der Waals surface area contributed by atoms with Crippen molar-refractivity contribution in [1.82, 2.24) is 34.7 Å². The normalized spacial score (nSPS) is 12.1. The molecule has 32 heavy (non-hydrogen) atoms. The first kappa shape index (κ1) is 20.2. The molecule has 0 aliphatic heterocycles. The Balaban J connectivity index is 1.49. The first-order valence-electron chi connectivity index (χ1n) is 9.32. The van der Waals surface area contributed by atoms with Crippen LogP contribution in [0.15, 0.2) is 41.5 Å².